The Kier molecular flexibility index (Phi) is 15.3. The molecular formula is C28H15F34I. The molecule has 35 heteroatoms. The topological polar surface area (TPSA) is 0 Å². The van der Waals surface area contributed by atoms with Crippen molar-refractivity contribution in [2.24, 2.45) is 0 Å². The number of rotatable bonds is 20. The van der Waals surface area contributed by atoms with Gasteiger partial charge >= 0.3 is 95.3 Å². The second kappa shape index (κ2) is 16.4. The lowest BCUT2D eigenvalue weighted by molar-refractivity contribution is -0.461. The zero-order valence-corrected chi connectivity index (χ0v) is 30.9. The lowest BCUT2D eigenvalue weighted by Gasteiger charge is -2.42. The van der Waals surface area contributed by atoms with Gasteiger partial charge in [0.1, 0.15) is 0 Å². The van der Waals surface area contributed by atoms with Crippen molar-refractivity contribution in [3.63, 3.8) is 0 Å². The van der Waals surface area contributed by atoms with E-state index in [2.05, 4.69) is 0 Å². The average molecular weight is 1120 g/mol. The zero-order chi connectivity index (χ0) is 51.1. The monoisotopic (exact) mass is 1120 g/mol. The van der Waals surface area contributed by atoms with E-state index in [9.17, 15) is 149 Å². The first kappa shape index (κ1) is 58.6. The first-order valence-electron chi connectivity index (χ1n) is 15.3. The molecular weight excluding hydrogens is 1110 g/mol. The Balaban J connectivity index is 3.42. The predicted octanol–water partition coefficient (Wildman–Crippen LogP) is 15.0. The summed E-state index contributed by atoms with van der Waals surface area (Å²) in [4.78, 5) is 0. The lowest BCUT2D eigenvalue weighted by atomic mass is 9.87. The quantitative estimate of drug-likeness (QED) is 0.0902. The number of hydrogen-bond acceptors (Lipinski definition) is 0. The molecule has 0 heterocycles. The van der Waals surface area contributed by atoms with Gasteiger partial charge in [0.05, 0.1) is 0 Å². The van der Waals surface area contributed by atoms with Crippen LogP contribution in [0.4, 0.5) is 149 Å². The summed E-state index contributed by atoms with van der Waals surface area (Å²) in [5.41, 5.74) is -1.59. The molecule has 1 rings (SSSR count). The van der Waals surface area contributed by atoms with Crippen LogP contribution in [0, 0.1) is 3.57 Å². The molecule has 0 bridgehead atoms. The smallest absolute Gasteiger partial charge is 0.200 e. The summed E-state index contributed by atoms with van der Waals surface area (Å²) in [6.45, 7) is 0. The molecule has 372 valence electrons. The molecule has 0 aromatic heterocycles. The van der Waals surface area contributed by atoms with Gasteiger partial charge in [0.15, 0.2) is 0 Å². The van der Waals surface area contributed by atoms with Gasteiger partial charge in [-0.25, -0.2) is 0 Å². The number of alkyl halides is 34. The maximum atomic E-state index is 14.3. The summed E-state index contributed by atoms with van der Waals surface area (Å²) < 4.78 is 459. The Morgan fingerprint density at radius 3 is 0.762 bits per heavy atom. The summed E-state index contributed by atoms with van der Waals surface area (Å²) >= 11 is 1.24. The highest BCUT2D eigenvalue weighted by Crippen LogP contribution is 2.66. The lowest BCUT2D eigenvalue weighted by Crippen LogP contribution is -2.74. The van der Waals surface area contributed by atoms with E-state index in [0.717, 1.165) is 6.07 Å². The van der Waals surface area contributed by atoms with Crippen LogP contribution < -0.4 is 0 Å². The predicted molar refractivity (Wildman–Crippen MR) is 146 cm³/mol. The van der Waals surface area contributed by atoms with Crippen LogP contribution in [0.1, 0.15) is 36.8 Å². The maximum Gasteiger partial charge on any atom is 0.460 e. The fourth-order valence-corrected chi connectivity index (χ4v) is 5.34. The highest BCUT2D eigenvalue weighted by atomic mass is 127. The van der Waals surface area contributed by atoms with Gasteiger partial charge in [-0.15, -0.1) is 0 Å². The van der Waals surface area contributed by atoms with Crippen LogP contribution in [0.5, 0.6) is 0 Å². The summed E-state index contributed by atoms with van der Waals surface area (Å²) in [7, 11) is 0. The van der Waals surface area contributed by atoms with Gasteiger partial charge < -0.3 is 0 Å². The fraction of sp³-hybridized carbons (Fsp3) is 0.786. The van der Waals surface area contributed by atoms with Gasteiger partial charge in [0.2, 0.25) is 0 Å². The van der Waals surface area contributed by atoms with Crippen LogP contribution in [-0.2, 0) is 12.8 Å². The molecule has 0 fully saturated rings. The van der Waals surface area contributed by atoms with Crippen LogP contribution >= 0.6 is 22.6 Å². The molecule has 0 saturated heterocycles. The third-order valence-corrected chi connectivity index (χ3v) is 9.29. The highest BCUT2D eigenvalue weighted by molar-refractivity contribution is 14.1. The first-order chi connectivity index (χ1) is 27.1. The van der Waals surface area contributed by atoms with Gasteiger partial charge in [0.25, 0.3) is 0 Å². The Hall–Kier alpha value is -2.43. The van der Waals surface area contributed by atoms with Crippen molar-refractivity contribution in [2.75, 3.05) is 0 Å². The summed E-state index contributed by atoms with van der Waals surface area (Å²) in [6, 6.07) is 1.97. The second-order valence-electron chi connectivity index (χ2n) is 12.9. The van der Waals surface area contributed by atoms with E-state index in [-0.39, 0.29) is 3.57 Å². The molecule has 0 aliphatic carbocycles. The molecule has 1 aromatic carbocycles. The van der Waals surface area contributed by atoms with Crippen molar-refractivity contribution >= 4 is 22.6 Å². The van der Waals surface area contributed by atoms with E-state index < -0.39 is 145 Å². The zero-order valence-electron chi connectivity index (χ0n) is 28.7. The first-order valence-corrected chi connectivity index (χ1v) is 16.3. The molecule has 0 saturated carbocycles. The summed E-state index contributed by atoms with van der Waals surface area (Å²) in [5.74, 6) is -118. The minimum absolute atomic E-state index is 0.194. The molecule has 0 radical (unpaired) electrons. The van der Waals surface area contributed by atoms with Crippen LogP contribution in [0.2, 0.25) is 0 Å². The van der Waals surface area contributed by atoms with Crippen molar-refractivity contribution in [3.05, 3.63) is 32.9 Å². The number of halogens is 35. The van der Waals surface area contributed by atoms with Crippen molar-refractivity contribution in [1.82, 2.24) is 0 Å². The van der Waals surface area contributed by atoms with Gasteiger partial charge in [-0.05, 0) is 71.5 Å². The minimum atomic E-state index is -8.94. The minimum Gasteiger partial charge on any atom is -0.200 e. The Morgan fingerprint density at radius 2 is 0.508 bits per heavy atom. The second-order valence-corrected chi connectivity index (χ2v) is 14.2. The summed E-state index contributed by atoms with van der Waals surface area (Å²) in [6.07, 6.45) is -28.8. The largest absolute Gasteiger partial charge is 0.460 e. The maximum absolute atomic E-state index is 14.3. The molecule has 0 unspecified atom stereocenters. The molecule has 0 N–H and O–H groups in total. The van der Waals surface area contributed by atoms with Gasteiger partial charge in [-0.3, -0.25) is 0 Å². The molecule has 63 heavy (non-hydrogen) atoms. The summed E-state index contributed by atoms with van der Waals surface area (Å²) in [5, 5.41) is 0. The van der Waals surface area contributed by atoms with Gasteiger partial charge in [-0.1, -0.05) is 6.07 Å². The molecule has 0 aliphatic heterocycles. The number of aryl methyl sites for hydroxylation is 2. The molecule has 0 amide bonds. The van der Waals surface area contributed by atoms with E-state index in [4.69, 9.17) is 0 Å². The van der Waals surface area contributed by atoms with E-state index in [1.807, 2.05) is 0 Å². The van der Waals surface area contributed by atoms with Crippen LogP contribution in [0.25, 0.3) is 0 Å². The number of hydrogen-bond donors (Lipinski definition) is 0. The Bertz CT molecular complexity index is 1750. The van der Waals surface area contributed by atoms with Gasteiger partial charge in [-0.2, -0.15) is 149 Å². The third-order valence-electron chi connectivity index (χ3n) is 8.62. The molecule has 0 nitrogen and oxygen atoms in total. The van der Waals surface area contributed by atoms with E-state index in [1.165, 1.54) is 22.6 Å². The van der Waals surface area contributed by atoms with Crippen molar-refractivity contribution in [1.29, 1.82) is 0 Å². The Labute approximate surface area is 338 Å². The SMILES string of the molecule is FC(F)(F)C(F)(F)C(F)(F)C(F)(F)C(F)(F)C(F)(F)C(F)(F)C(F)(F)CCCc1ccc(I)cc1CCCC(F)(F)C(F)(F)C(F)(F)C(F)(F)C(F)(F)C(F)(F)C(F)(F)C(F)(F)F. The standard InChI is InChI=1S/C28H15F34I/c29-13(30,15(33,34)17(37,38)19(41,42)21(45,46)23(49,50)25(53,54)27(57,58)59)7-1-3-10-5-6-12(63)9-11(10)4-2-8-14(31,32)16(35,36)18(39,40)20(43,44)22(47,48)24(51,52)26(55,56)28(60,61)62/h5-6,9H,1-4,7-8H2. The van der Waals surface area contributed by atoms with E-state index in [0.29, 0.717) is 12.1 Å². The fourth-order valence-electron chi connectivity index (χ4n) is 4.78. The van der Waals surface area contributed by atoms with Gasteiger partial charge in [0, 0.05) is 16.4 Å². The number of benzene rings is 1. The van der Waals surface area contributed by atoms with Crippen molar-refractivity contribution in [3.8, 4) is 0 Å². The normalized spacial score (nSPS) is 16.2. The van der Waals surface area contributed by atoms with Crippen molar-refractivity contribution in [2.45, 2.75) is 134 Å². The van der Waals surface area contributed by atoms with Crippen LogP contribution in [0.15, 0.2) is 18.2 Å². The molecule has 0 aliphatic rings. The van der Waals surface area contributed by atoms with Crippen LogP contribution in [-0.4, -0.2) is 95.3 Å². The van der Waals surface area contributed by atoms with E-state index in [1.54, 1.807) is 0 Å². The van der Waals surface area contributed by atoms with Crippen molar-refractivity contribution < 1.29 is 149 Å². The molecule has 0 atom stereocenters. The highest BCUT2D eigenvalue weighted by Gasteiger charge is 2.96. The Morgan fingerprint density at radius 1 is 0.286 bits per heavy atom. The third kappa shape index (κ3) is 8.71. The van der Waals surface area contributed by atoms with Crippen LogP contribution in [0.3, 0.4) is 0 Å². The average Bonchev–Trinajstić information content (AvgIpc) is 3.06. The molecule has 1 aromatic rings. The molecule has 0 spiro atoms. The van der Waals surface area contributed by atoms with E-state index >= 15 is 0 Å².